The molecule has 0 saturated heterocycles. The second-order valence-electron chi connectivity index (χ2n) is 4.64. The van der Waals surface area contributed by atoms with Crippen LogP contribution < -0.4 is 5.32 Å². The topological polar surface area (TPSA) is 52.9 Å². The van der Waals surface area contributed by atoms with Gasteiger partial charge in [-0.15, -0.1) is 0 Å². The van der Waals surface area contributed by atoms with Crippen LogP contribution in [0.1, 0.15) is 11.1 Å². The number of nitrogens with zero attached hydrogens (tertiary/aromatic N) is 1. The molecule has 0 fully saturated rings. The van der Waals surface area contributed by atoms with E-state index in [-0.39, 0.29) is 5.57 Å². The lowest BCUT2D eigenvalue weighted by molar-refractivity contribution is -0.112. The van der Waals surface area contributed by atoms with E-state index in [4.69, 9.17) is 28.5 Å². The number of benzene rings is 2. The molecule has 0 radical (unpaired) electrons. The van der Waals surface area contributed by atoms with Gasteiger partial charge >= 0.3 is 0 Å². The first kappa shape index (κ1) is 16.1. The van der Waals surface area contributed by atoms with Gasteiger partial charge in [0.1, 0.15) is 11.6 Å². The highest BCUT2D eigenvalue weighted by atomic mass is 35.5. The molecule has 0 unspecified atom stereocenters. The van der Waals surface area contributed by atoms with E-state index in [0.29, 0.717) is 15.7 Å². The van der Waals surface area contributed by atoms with E-state index in [0.717, 1.165) is 11.1 Å². The van der Waals surface area contributed by atoms with Crippen LogP contribution in [0.25, 0.3) is 6.08 Å². The molecule has 3 nitrogen and oxygen atoms in total. The van der Waals surface area contributed by atoms with Crippen molar-refractivity contribution in [2.45, 2.75) is 6.92 Å². The van der Waals surface area contributed by atoms with Crippen molar-refractivity contribution in [2.24, 2.45) is 0 Å². The molecular formula is C17H12Cl2N2O. The van der Waals surface area contributed by atoms with E-state index < -0.39 is 5.91 Å². The van der Waals surface area contributed by atoms with E-state index >= 15 is 0 Å². The summed E-state index contributed by atoms with van der Waals surface area (Å²) >= 11 is 11.8. The van der Waals surface area contributed by atoms with Gasteiger partial charge in [-0.2, -0.15) is 5.26 Å². The molecule has 0 heterocycles. The molecule has 22 heavy (non-hydrogen) atoms. The van der Waals surface area contributed by atoms with Gasteiger partial charge in [0.05, 0.1) is 0 Å². The maximum atomic E-state index is 12.1. The van der Waals surface area contributed by atoms with Crippen LogP contribution >= 0.6 is 23.2 Å². The number of anilines is 1. The minimum atomic E-state index is -0.489. The van der Waals surface area contributed by atoms with Crippen LogP contribution in [0, 0.1) is 18.3 Å². The van der Waals surface area contributed by atoms with Crippen molar-refractivity contribution in [3.8, 4) is 6.07 Å². The van der Waals surface area contributed by atoms with Crippen molar-refractivity contribution in [1.29, 1.82) is 5.26 Å². The zero-order valence-corrected chi connectivity index (χ0v) is 13.2. The predicted molar refractivity (Wildman–Crippen MR) is 89.9 cm³/mol. The van der Waals surface area contributed by atoms with Gasteiger partial charge in [0.25, 0.3) is 5.91 Å². The summed E-state index contributed by atoms with van der Waals surface area (Å²) in [6.07, 6.45) is 1.50. The van der Waals surface area contributed by atoms with E-state index in [2.05, 4.69) is 5.32 Å². The fourth-order valence-corrected chi connectivity index (χ4v) is 2.05. The molecule has 5 heteroatoms. The Hall–Kier alpha value is -2.28. The fraction of sp³-hybridized carbons (Fsp3) is 0.0588. The highest BCUT2D eigenvalue weighted by Crippen LogP contribution is 2.20. The van der Waals surface area contributed by atoms with Crippen molar-refractivity contribution in [2.75, 3.05) is 5.32 Å². The summed E-state index contributed by atoms with van der Waals surface area (Å²) in [6, 6.07) is 13.9. The van der Waals surface area contributed by atoms with Crippen molar-refractivity contribution in [3.63, 3.8) is 0 Å². The molecule has 0 aliphatic carbocycles. The maximum Gasteiger partial charge on any atom is 0.266 e. The summed E-state index contributed by atoms with van der Waals surface area (Å²) in [5, 5.41) is 13.0. The van der Waals surface area contributed by atoms with Gasteiger partial charge in [-0.1, -0.05) is 41.4 Å². The lowest BCUT2D eigenvalue weighted by Gasteiger charge is -2.06. The second kappa shape index (κ2) is 7.13. The normalized spacial score (nSPS) is 10.9. The van der Waals surface area contributed by atoms with Gasteiger partial charge in [-0.25, -0.2) is 0 Å². The monoisotopic (exact) mass is 330 g/mol. The summed E-state index contributed by atoms with van der Waals surface area (Å²) in [5.41, 5.74) is 2.17. The molecular weight excluding hydrogens is 319 g/mol. The average Bonchev–Trinajstić information content (AvgIpc) is 2.50. The smallest absolute Gasteiger partial charge is 0.266 e. The van der Waals surface area contributed by atoms with Crippen LogP contribution in [-0.2, 0) is 4.79 Å². The number of hydrogen-bond donors (Lipinski definition) is 1. The van der Waals surface area contributed by atoms with Gasteiger partial charge in [0, 0.05) is 15.7 Å². The Morgan fingerprint density at radius 2 is 1.86 bits per heavy atom. The number of nitrogens with one attached hydrogen (secondary N) is 1. The number of halogens is 2. The number of carbonyl (C=O) groups excluding carboxylic acids is 1. The highest BCUT2D eigenvalue weighted by Gasteiger charge is 2.10. The predicted octanol–water partition coefficient (Wildman–Crippen LogP) is 4.85. The zero-order chi connectivity index (χ0) is 16.1. The van der Waals surface area contributed by atoms with Gasteiger partial charge in [-0.3, -0.25) is 4.79 Å². The zero-order valence-electron chi connectivity index (χ0n) is 11.7. The average molecular weight is 331 g/mol. The Bertz CT molecular complexity index is 774. The molecule has 1 N–H and O–H groups in total. The van der Waals surface area contributed by atoms with Crippen LogP contribution in [0.3, 0.4) is 0 Å². The summed E-state index contributed by atoms with van der Waals surface area (Å²) in [7, 11) is 0. The molecule has 0 aliphatic rings. The Morgan fingerprint density at radius 3 is 2.45 bits per heavy atom. The maximum absolute atomic E-state index is 12.1. The molecule has 0 saturated carbocycles. The Labute approximate surface area is 138 Å². The fourth-order valence-electron chi connectivity index (χ4n) is 1.74. The molecule has 0 atom stereocenters. The first-order valence-electron chi connectivity index (χ1n) is 6.44. The van der Waals surface area contributed by atoms with Gasteiger partial charge in [0.15, 0.2) is 0 Å². The van der Waals surface area contributed by atoms with Crippen molar-refractivity contribution in [3.05, 3.63) is 69.2 Å². The molecule has 110 valence electrons. The van der Waals surface area contributed by atoms with E-state index in [1.54, 1.807) is 42.5 Å². The third-order valence-corrected chi connectivity index (χ3v) is 3.63. The van der Waals surface area contributed by atoms with Crippen molar-refractivity contribution in [1.82, 2.24) is 0 Å². The summed E-state index contributed by atoms with van der Waals surface area (Å²) in [5.74, 6) is -0.489. The quantitative estimate of drug-likeness (QED) is 0.646. The van der Waals surface area contributed by atoms with E-state index in [1.165, 1.54) is 6.08 Å². The third kappa shape index (κ3) is 4.11. The number of hydrogen-bond acceptors (Lipinski definition) is 2. The first-order chi connectivity index (χ1) is 10.5. The summed E-state index contributed by atoms with van der Waals surface area (Å²) < 4.78 is 0. The Kier molecular flexibility index (Phi) is 5.21. The Morgan fingerprint density at radius 1 is 1.18 bits per heavy atom. The molecule has 2 aromatic carbocycles. The number of carbonyl (C=O) groups is 1. The highest BCUT2D eigenvalue weighted by molar-refractivity contribution is 6.31. The molecule has 2 rings (SSSR count). The van der Waals surface area contributed by atoms with Crippen LogP contribution in [0.5, 0.6) is 0 Å². The van der Waals surface area contributed by atoms with Crippen molar-refractivity contribution < 1.29 is 4.79 Å². The lowest BCUT2D eigenvalue weighted by atomic mass is 10.1. The van der Waals surface area contributed by atoms with Crippen molar-refractivity contribution >= 4 is 40.9 Å². The minimum absolute atomic E-state index is 0.000908. The molecule has 0 aliphatic heterocycles. The molecule has 0 aromatic heterocycles. The Balaban J connectivity index is 2.20. The third-order valence-electron chi connectivity index (χ3n) is 2.98. The summed E-state index contributed by atoms with van der Waals surface area (Å²) in [6.45, 7) is 1.87. The molecule has 0 bridgehead atoms. The van der Waals surface area contributed by atoms with Gasteiger partial charge in [0.2, 0.25) is 0 Å². The number of amides is 1. The minimum Gasteiger partial charge on any atom is -0.321 e. The van der Waals surface area contributed by atoms with E-state index in [1.807, 2.05) is 13.0 Å². The van der Waals surface area contributed by atoms with Crippen LogP contribution in [0.2, 0.25) is 10.0 Å². The number of rotatable bonds is 3. The van der Waals surface area contributed by atoms with E-state index in [9.17, 15) is 4.79 Å². The molecule has 1 amide bonds. The van der Waals surface area contributed by atoms with Crippen LogP contribution in [0.4, 0.5) is 5.69 Å². The lowest BCUT2D eigenvalue weighted by Crippen LogP contribution is -2.13. The van der Waals surface area contributed by atoms with Crippen LogP contribution in [-0.4, -0.2) is 5.91 Å². The second-order valence-corrected chi connectivity index (χ2v) is 5.48. The molecule has 2 aromatic rings. The largest absolute Gasteiger partial charge is 0.321 e. The summed E-state index contributed by atoms with van der Waals surface area (Å²) in [4.78, 5) is 12.1. The number of nitriles is 1. The van der Waals surface area contributed by atoms with Crippen LogP contribution in [0.15, 0.2) is 48.0 Å². The van der Waals surface area contributed by atoms with Gasteiger partial charge < -0.3 is 5.32 Å². The SMILES string of the molecule is Cc1ccc(NC(=O)/C(C#N)=C/c2ccc(Cl)cc2)cc1Cl. The standard InChI is InChI=1S/C17H12Cl2N2O/c1-11-2-7-15(9-16(11)19)21-17(22)13(10-20)8-12-3-5-14(18)6-4-12/h2-9H,1H3,(H,21,22)/b13-8+. The first-order valence-corrected chi connectivity index (χ1v) is 7.20. The van der Waals surface area contributed by atoms with Gasteiger partial charge in [-0.05, 0) is 48.4 Å². The number of aryl methyl sites for hydroxylation is 1. The molecule has 0 spiro atoms.